The first-order valence-corrected chi connectivity index (χ1v) is 7.40. The third-order valence-electron chi connectivity index (χ3n) is 3.66. The molecule has 1 N–H and O–H groups in total. The Morgan fingerprint density at radius 3 is 2.71 bits per heavy atom. The standard InChI is InChI=1S/C17H21NO3/c1-13-6-5-7-14(12-13)10-11-16(19)18-21-17(20)15-8-3-2-4-9-15/h5-7,10-12,15H,2-4,8-9H2,1H3,(H,18,19). The van der Waals surface area contributed by atoms with Crippen molar-refractivity contribution < 1.29 is 14.4 Å². The van der Waals surface area contributed by atoms with Gasteiger partial charge in [-0.15, -0.1) is 0 Å². The highest BCUT2D eigenvalue weighted by atomic mass is 16.7. The van der Waals surface area contributed by atoms with E-state index in [1.54, 1.807) is 6.08 Å². The van der Waals surface area contributed by atoms with E-state index in [0.29, 0.717) is 0 Å². The molecule has 1 fully saturated rings. The van der Waals surface area contributed by atoms with Crippen LogP contribution in [0, 0.1) is 12.8 Å². The molecule has 1 aliphatic rings. The molecule has 1 saturated carbocycles. The second-order valence-corrected chi connectivity index (χ2v) is 5.47. The van der Waals surface area contributed by atoms with E-state index >= 15 is 0 Å². The summed E-state index contributed by atoms with van der Waals surface area (Å²) in [5.41, 5.74) is 4.25. The van der Waals surface area contributed by atoms with Crippen LogP contribution in [0.25, 0.3) is 6.08 Å². The quantitative estimate of drug-likeness (QED) is 0.686. The molecule has 0 aromatic heterocycles. The van der Waals surface area contributed by atoms with Gasteiger partial charge in [0.1, 0.15) is 0 Å². The number of aryl methyl sites for hydroxylation is 1. The lowest BCUT2D eigenvalue weighted by molar-refractivity contribution is -0.161. The Morgan fingerprint density at radius 1 is 1.24 bits per heavy atom. The van der Waals surface area contributed by atoms with Crippen LogP contribution in [-0.2, 0) is 14.4 Å². The topological polar surface area (TPSA) is 55.4 Å². The maximum atomic E-state index is 11.8. The molecule has 1 aromatic rings. The molecule has 112 valence electrons. The number of rotatable bonds is 3. The van der Waals surface area contributed by atoms with Crippen LogP contribution in [-0.4, -0.2) is 11.9 Å². The molecular weight excluding hydrogens is 266 g/mol. The van der Waals surface area contributed by atoms with E-state index in [2.05, 4.69) is 5.48 Å². The molecule has 2 rings (SSSR count). The second kappa shape index (κ2) is 7.62. The van der Waals surface area contributed by atoms with Crippen LogP contribution in [0.2, 0.25) is 0 Å². The van der Waals surface area contributed by atoms with E-state index in [1.165, 1.54) is 12.5 Å². The number of hydrogen-bond donors (Lipinski definition) is 1. The first kappa shape index (κ1) is 15.3. The molecule has 1 aromatic carbocycles. The van der Waals surface area contributed by atoms with Crippen molar-refractivity contribution in [3.05, 3.63) is 41.5 Å². The summed E-state index contributed by atoms with van der Waals surface area (Å²) in [7, 11) is 0. The lowest BCUT2D eigenvalue weighted by atomic mass is 9.89. The fraction of sp³-hybridized carbons (Fsp3) is 0.412. The molecule has 0 saturated heterocycles. The molecule has 0 unspecified atom stereocenters. The van der Waals surface area contributed by atoms with Gasteiger partial charge in [0.05, 0.1) is 5.92 Å². The highest BCUT2D eigenvalue weighted by Gasteiger charge is 2.23. The smallest absolute Gasteiger partial charge is 0.335 e. The summed E-state index contributed by atoms with van der Waals surface area (Å²) in [4.78, 5) is 28.2. The number of carbonyl (C=O) groups is 2. The Balaban J connectivity index is 1.77. The molecule has 0 heterocycles. The average Bonchev–Trinajstić information content (AvgIpc) is 2.51. The van der Waals surface area contributed by atoms with Crippen molar-refractivity contribution in [2.75, 3.05) is 0 Å². The molecule has 0 radical (unpaired) electrons. The van der Waals surface area contributed by atoms with Crippen LogP contribution in [0.5, 0.6) is 0 Å². The van der Waals surface area contributed by atoms with Crippen LogP contribution in [0.1, 0.15) is 43.2 Å². The lowest BCUT2D eigenvalue weighted by Gasteiger charge is -2.19. The Morgan fingerprint density at radius 2 is 2.00 bits per heavy atom. The number of benzene rings is 1. The minimum atomic E-state index is -0.430. The van der Waals surface area contributed by atoms with E-state index in [9.17, 15) is 9.59 Å². The zero-order valence-corrected chi connectivity index (χ0v) is 12.3. The minimum absolute atomic E-state index is 0.0696. The van der Waals surface area contributed by atoms with Gasteiger partial charge in [0, 0.05) is 6.08 Å². The maximum absolute atomic E-state index is 11.8. The van der Waals surface area contributed by atoms with Gasteiger partial charge >= 0.3 is 5.97 Å². The van der Waals surface area contributed by atoms with Gasteiger partial charge in [-0.25, -0.2) is 4.79 Å². The van der Waals surface area contributed by atoms with Gasteiger partial charge in [-0.3, -0.25) is 4.79 Å². The predicted octanol–water partition coefficient (Wildman–Crippen LogP) is 3.16. The molecule has 0 bridgehead atoms. The SMILES string of the molecule is Cc1cccc(C=CC(=O)NOC(=O)C2CCCCC2)c1. The summed E-state index contributed by atoms with van der Waals surface area (Å²) in [5, 5.41) is 0. The minimum Gasteiger partial charge on any atom is -0.340 e. The zero-order valence-electron chi connectivity index (χ0n) is 12.3. The molecule has 0 atom stereocenters. The monoisotopic (exact) mass is 287 g/mol. The van der Waals surface area contributed by atoms with Crippen LogP contribution < -0.4 is 5.48 Å². The number of amides is 1. The number of hydroxylamine groups is 1. The van der Waals surface area contributed by atoms with E-state index < -0.39 is 5.91 Å². The molecule has 1 aliphatic carbocycles. The van der Waals surface area contributed by atoms with Gasteiger partial charge in [-0.2, -0.15) is 5.48 Å². The van der Waals surface area contributed by atoms with Gasteiger partial charge in [-0.05, 0) is 31.4 Å². The third kappa shape index (κ3) is 5.06. The summed E-state index contributed by atoms with van der Waals surface area (Å²) in [6.45, 7) is 1.99. The van der Waals surface area contributed by atoms with Gasteiger partial charge in [0.15, 0.2) is 0 Å². The van der Waals surface area contributed by atoms with E-state index in [4.69, 9.17) is 4.84 Å². The first-order valence-electron chi connectivity index (χ1n) is 7.40. The first-order chi connectivity index (χ1) is 10.1. The van der Waals surface area contributed by atoms with Gasteiger partial charge in [0.25, 0.3) is 5.91 Å². The van der Waals surface area contributed by atoms with Crippen molar-refractivity contribution in [2.24, 2.45) is 5.92 Å². The van der Waals surface area contributed by atoms with E-state index in [1.807, 2.05) is 31.2 Å². The highest BCUT2D eigenvalue weighted by molar-refractivity contribution is 5.91. The van der Waals surface area contributed by atoms with Crippen molar-refractivity contribution in [3.8, 4) is 0 Å². The van der Waals surface area contributed by atoms with Gasteiger partial charge in [-0.1, -0.05) is 49.1 Å². The molecular formula is C17H21NO3. The molecule has 0 aliphatic heterocycles. The fourth-order valence-corrected chi connectivity index (χ4v) is 2.50. The lowest BCUT2D eigenvalue weighted by Crippen LogP contribution is -2.30. The number of hydrogen-bond acceptors (Lipinski definition) is 3. The van der Waals surface area contributed by atoms with Crippen LogP contribution in [0.3, 0.4) is 0 Å². The average molecular weight is 287 g/mol. The Bertz CT molecular complexity index is 531. The molecule has 21 heavy (non-hydrogen) atoms. The Kier molecular flexibility index (Phi) is 5.55. The Labute approximate surface area is 125 Å². The molecule has 0 spiro atoms. The molecule has 4 nitrogen and oxygen atoms in total. The summed E-state index contributed by atoms with van der Waals surface area (Å²) in [5.74, 6) is -0.826. The van der Waals surface area contributed by atoms with Crippen molar-refractivity contribution in [1.29, 1.82) is 0 Å². The van der Waals surface area contributed by atoms with Gasteiger partial charge < -0.3 is 4.84 Å². The number of nitrogens with one attached hydrogen (secondary N) is 1. The summed E-state index contributed by atoms with van der Waals surface area (Å²) in [6, 6.07) is 7.79. The maximum Gasteiger partial charge on any atom is 0.335 e. The van der Waals surface area contributed by atoms with Gasteiger partial charge in [0.2, 0.25) is 0 Å². The molecule has 4 heteroatoms. The van der Waals surface area contributed by atoms with E-state index in [-0.39, 0.29) is 11.9 Å². The fourth-order valence-electron chi connectivity index (χ4n) is 2.50. The van der Waals surface area contributed by atoms with Crippen LogP contribution in [0.15, 0.2) is 30.3 Å². The number of carbonyl (C=O) groups excluding carboxylic acids is 2. The van der Waals surface area contributed by atoms with Crippen LogP contribution >= 0.6 is 0 Å². The van der Waals surface area contributed by atoms with Crippen molar-refractivity contribution in [3.63, 3.8) is 0 Å². The Hall–Kier alpha value is -2.10. The summed E-state index contributed by atoms with van der Waals surface area (Å²) in [6.07, 6.45) is 8.05. The zero-order chi connectivity index (χ0) is 15.1. The largest absolute Gasteiger partial charge is 0.340 e. The molecule has 1 amide bonds. The summed E-state index contributed by atoms with van der Waals surface area (Å²) >= 11 is 0. The second-order valence-electron chi connectivity index (χ2n) is 5.47. The van der Waals surface area contributed by atoms with Crippen molar-refractivity contribution in [1.82, 2.24) is 5.48 Å². The third-order valence-corrected chi connectivity index (χ3v) is 3.66. The highest BCUT2D eigenvalue weighted by Crippen LogP contribution is 2.24. The predicted molar refractivity (Wildman–Crippen MR) is 81.0 cm³/mol. The normalized spacial score (nSPS) is 15.9. The summed E-state index contributed by atoms with van der Waals surface area (Å²) < 4.78 is 0. The van der Waals surface area contributed by atoms with Crippen LogP contribution in [0.4, 0.5) is 0 Å². The van der Waals surface area contributed by atoms with E-state index in [0.717, 1.165) is 36.8 Å². The van der Waals surface area contributed by atoms with Crippen molar-refractivity contribution in [2.45, 2.75) is 39.0 Å². The van der Waals surface area contributed by atoms with Crippen molar-refractivity contribution >= 4 is 18.0 Å².